The summed E-state index contributed by atoms with van der Waals surface area (Å²) in [7, 11) is 0. The molecule has 0 saturated carbocycles. The summed E-state index contributed by atoms with van der Waals surface area (Å²) < 4.78 is 1.96. The highest BCUT2D eigenvalue weighted by Gasteiger charge is 2.22. The Morgan fingerprint density at radius 3 is 2.90 bits per heavy atom. The quantitative estimate of drug-likeness (QED) is 0.885. The van der Waals surface area contributed by atoms with E-state index >= 15 is 0 Å². The third-order valence-corrected chi connectivity index (χ3v) is 4.16. The van der Waals surface area contributed by atoms with E-state index in [4.69, 9.17) is 0 Å². The Balaban J connectivity index is 1.44. The van der Waals surface area contributed by atoms with Gasteiger partial charge in [0.2, 0.25) is 0 Å². The van der Waals surface area contributed by atoms with Crippen molar-refractivity contribution in [2.24, 2.45) is 0 Å². The van der Waals surface area contributed by atoms with Crippen LogP contribution in [0.15, 0.2) is 42.7 Å². The molecule has 1 fully saturated rings. The Labute approximate surface area is 126 Å². The zero-order valence-corrected chi connectivity index (χ0v) is 12.7. The summed E-state index contributed by atoms with van der Waals surface area (Å²) in [6, 6.07) is 11.3. The SMILES string of the molecule is CCn1cc(NC2CCN(CCc3ccccc3)C2)cn1. The first kappa shape index (κ1) is 14.1. The fourth-order valence-electron chi connectivity index (χ4n) is 2.93. The van der Waals surface area contributed by atoms with E-state index in [-0.39, 0.29) is 0 Å². The van der Waals surface area contributed by atoms with Gasteiger partial charge >= 0.3 is 0 Å². The molecule has 1 aliphatic heterocycles. The van der Waals surface area contributed by atoms with Crippen molar-refractivity contribution < 1.29 is 0 Å². The number of aromatic nitrogens is 2. The van der Waals surface area contributed by atoms with Gasteiger partial charge in [-0.1, -0.05) is 30.3 Å². The minimum atomic E-state index is 0.551. The molecule has 0 spiro atoms. The van der Waals surface area contributed by atoms with Gasteiger partial charge in [0.15, 0.2) is 0 Å². The van der Waals surface area contributed by atoms with Crippen molar-refractivity contribution in [1.82, 2.24) is 14.7 Å². The van der Waals surface area contributed by atoms with Gasteiger partial charge in [0.05, 0.1) is 11.9 Å². The highest BCUT2D eigenvalue weighted by Crippen LogP contribution is 2.16. The normalized spacial score (nSPS) is 19.0. The molecule has 0 amide bonds. The van der Waals surface area contributed by atoms with Crippen LogP contribution in [0.4, 0.5) is 5.69 Å². The van der Waals surface area contributed by atoms with Crippen LogP contribution in [-0.2, 0) is 13.0 Å². The number of rotatable bonds is 6. The minimum absolute atomic E-state index is 0.551. The molecule has 1 aliphatic rings. The highest BCUT2D eigenvalue weighted by molar-refractivity contribution is 5.39. The maximum Gasteiger partial charge on any atom is 0.0729 e. The zero-order valence-electron chi connectivity index (χ0n) is 12.7. The smallest absolute Gasteiger partial charge is 0.0729 e. The van der Waals surface area contributed by atoms with E-state index in [0.717, 1.165) is 31.7 Å². The lowest BCUT2D eigenvalue weighted by Crippen LogP contribution is -2.27. The van der Waals surface area contributed by atoms with E-state index < -0.39 is 0 Å². The molecule has 1 aromatic heterocycles. The first-order chi connectivity index (χ1) is 10.3. The van der Waals surface area contributed by atoms with Gasteiger partial charge in [0.25, 0.3) is 0 Å². The fourth-order valence-corrected chi connectivity index (χ4v) is 2.93. The summed E-state index contributed by atoms with van der Waals surface area (Å²) in [6.07, 6.45) is 6.37. The van der Waals surface area contributed by atoms with Gasteiger partial charge in [0.1, 0.15) is 0 Å². The molecule has 1 aromatic carbocycles. The lowest BCUT2D eigenvalue weighted by molar-refractivity contribution is 0.341. The first-order valence-electron chi connectivity index (χ1n) is 7.89. The molecule has 4 nitrogen and oxygen atoms in total. The third-order valence-electron chi connectivity index (χ3n) is 4.16. The highest BCUT2D eigenvalue weighted by atomic mass is 15.3. The zero-order chi connectivity index (χ0) is 14.5. The lowest BCUT2D eigenvalue weighted by atomic mass is 10.1. The van der Waals surface area contributed by atoms with E-state index in [9.17, 15) is 0 Å². The molecule has 3 rings (SSSR count). The molecule has 1 N–H and O–H groups in total. The summed E-state index contributed by atoms with van der Waals surface area (Å²) in [4.78, 5) is 2.55. The second-order valence-corrected chi connectivity index (χ2v) is 5.75. The average molecular weight is 284 g/mol. The van der Waals surface area contributed by atoms with Crippen LogP contribution in [0.2, 0.25) is 0 Å². The van der Waals surface area contributed by atoms with Gasteiger partial charge in [-0.2, -0.15) is 5.10 Å². The largest absolute Gasteiger partial charge is 0.378 e. The number of likely N-dealkylation sites (tertiary alicyclic amines) is 1. The number of anilines is 1. The molecule has 0 aliphatic carbocycles. The minimum Gasteiger partial charge on any atom is -0.378 e. The van der Waals surface area contributed by atoms with Crippen molar-refractivity contribution in [2.75, 3.05) is 25.0 Å². The molecule has 2 aromatic rings. The summed E-state index contributed by atoms with van der Waals surface area (Å²) in [5, 5.41) is 7.91. The fraction of sp³-hybridized carbons (Fsp3) is 0.471. The molecule has 1 unspecified atom stereocenters. The molecule has 4 heteroatoms. The maximum absolute atomic E-state index is 4.31. The Morgan fingerprint density at radius 2 is 2.14 bits per heavy atom. The van der Waals surface area contributed by atoms with Gasteiger partial charge in [-0.3, -0.25) is 4.68 Å². The second kappa shape index (κ2) is 6.76. The van der Waals surface area contributed by atoms with Gasteiger partial charge < -0.3 is 10.2 Å². The number of nitrogens with zero attached hydrogens (tertiary/aromatic N) is 3. The van der Waals surface area contributed by atoms with Crippen LogP contribution in [0.1, 0.15) is 18.9 Å². The molecule has 1 atom stereocenters. The summed E-state index contributed by atoms with van der Waals surface area (Å²) in [5.41, 5.74) is 2.57. The lowest BCUT2D eigenvalue weighted by Gasteiger charge is -2.16. The number of benzene rings is 1. The molecule has 0 bridgehead atoms. The Kier molecular flexibility index (Phi) is 4.55. The van der Waals surface area contributed by atoms with Crippen LogP contribution >= 0.6 is 0 Å². The van der Waals surface area contributed by atoms with Crippen LogP contribution in [-0.4, -0.2) is 40.4 Å². The average Bonchev–Trinajstić information content (AvgIpc) is 3.16. The Hall–Kier alpha value is -1.81. The van der Waals surface area contributed by atoms with E-state index in [0.29, 0.717) is 6.04 Å². The van der Waals surface area contributed by atoms with Crippen molar-refractivity contribution in [2.45, 2.75) is 32.4 Å². The monoisotopic (exact) mass is 284 g/mol. The van der Waals surface area contributed by atoms with Crippen LogP contribution in [0.5, 0.6) is 0 Å². The maximum atomic E-state index is 4.31. The number of nitrogens with one attached hydrogen (secondary N) is 1. The molecule has 1 saturated heterocycles. The first-order valence-corrected chi connectivity index (χ1v) is 7.89. The summed E-state index contributed by atoms with van der Waals surface area (Å²) >= 11 is 0. The molecular formula is C17H24N4. The second-order valence-electron chi connectivity index (χ2n) is 5.75. The van der Waals surface area contributed by atoms with E-state index in [2.05, 4.69) is 58.8 Å². The van der Waals surface area contributed by atoms with Crippen molar-refractivity contribution in [3.63, 3.8) is 0 Å². The topological polar surface area (TPSA) is 33.1 Å². The summed E-state index contributed by atoms with van der Waals surface area (Å²) in [6.45, 7) is 6.50. The predicted molar refractivity (Wildman–Crippen MR) is 86.5 cm³/mol. The summed E-state index contributed by atoms with van der Waals surface area (Å²) in [5.74, 6) is 0. The molecule has 21 heavy (non-hydrogen) atoms. The van der Waals surface area contributed by atoms with Crippen molar-refractivity contribution in [3.8, 4) is 0 Å². The van der Waals surface area contributed by atoms with Crippen LogP contribution in [0.25, 0.3) is 0 Å². The Morgan fingerprint density at radius 1 is 1.29 bits per heavy atom. The predicted octanol–water partition coefficient (Wildman–Crippen LogP) is 2.63. The number of hydrogen-bond donors (Lipinski definition) is 1. The molecule has 112 valence electrons. The van der Waals surface area contributed by atoms with E-state index in [1.54, 1.807) is 0 Å². The van der Waals surface area contributed by atoms with Gasteiger partial charge in [-0.15, -0.1) is 0 Å². The van der Waals surface area contributed by atoms with Crippen LogP contribution in [0, 0.1) is 0 Å². The van der Waals surface area contributed by atoms with Crippen LogP contribution in [0.3, 0.4) is 0 Å². The molecular weight excluding hydrogens is 260 g/mol. The van der Waals surface area contributed by atoms with Crippen LogP contribution < -0.4 is 5.32 Å². The van der Waals surface area contributed by atoms with Crippen molar-refractivity contribution >= 4 is 5.69 Å². The van der Waals surface area contributed by atoms with E-state index in [1.165, 1.54) is 18.5 Å². The van der Waals surface area contributed by atoms with Crippen molar-refractivity contribution in [1.29, 1.82) is 0 Å². The van der Waals surface area contributed by atoms with Gasteiger partial charge in [-0.05, 0) is 25.3 Å². The van der Waals surface area contributed by atoms with Gasteiger partial charge in [-0.25, -0.2) is 0 Å². The van der Waals surface area contributed by atoms with Crippen molar-refractivity contribution in [3.05, 3.63) is 48.3 Å². The molecule has 0 radical (unpaired) electrons. The standard InChI is InChI=1S/C17H24N4/c1-2-21-14-17(12-18-21)19-16-9-11-20(13-16)10-8-15-6-4-3-5-7-15/h3-7,12,14,16,19H,2,8-11,13H2,1H3. The molecule has 2 heterocycles. The third kappa shape index (κ3) is 3.85. The van der Waals surface area contributed by atoms with Gasteiger partial charge in [0, 0.05) is 38.4 Å². The number of hydrogen-bond acceptors (Lipinski definition) is 3. The number of aryl methyl sites for hydroxylation is 1. The Bertz CT molecular complexity index is 549. The van der Waals surface area contributed by atoms with E-state index in [1.807, 2.05) is 10.9 Å².